The van der Waals surface area contributed by atoms with Crippen LogP contribution in [0.3, 0.4) is 0 Å². The van der Waals surface area contributed by atoms with Crippen LogP contribution in [0.2, 0.25) is 0 Å². The lowest BCUT2D eigenvalue weighted by molar-refractivity contribution is -0.130. The molecule has 2 aromatic heterocycles. The molecule has 1 aliphatic rings. The second-order valence-corrected chi connectivity index (χ2v) is 7.16. The SMILES string of the molecule is CCOc1ccc(CC(=O)N2CCN(c3ccc(-c4noc(C)n4)cn3)CC2)cc1. The molecule has 0 atom stereocenters. The number of aryl methyl sites for hydroxylation is 1. The van der Waals surface area contributed by atoms with Crippen molar-refractivity contribution in [1.29, 1.82) is 0 Å². The van der Waals surface area contributed by atoms with Crippen molar-refractivity contribution < 1.29 is 14.1 Å². The van der Waals surface area contributed by atoms with Crippen LogP contribution in [0.5, 0.6) is 5.75 Å². The molecule has 0 unspecified atom stereocenters. The highest BCUT2D eigenvalue weighted by Gasteiger charge is 2.22. The number of aromatic nitrogens is 3. The first-order valence-corrected chi connectivity index (χ1v) is 10.1. The van der Waals surface area contributed by atoms with Gasteiger partial charge in [0.1, 0.15) is 11.6 Å². The molecule has 4 rings (SSSR count). The van der Waals surface area contributed by atoms with Crippen LogP contribution in [-0.4, -0.2) is 58.7 Å². The zero-order valence-corrected chi connectivity index (χ0v) is 17.2. The van der Waals surface area contributed by atoms with Gasteiger partial charge in [-0.15, -0.1) is 0 Å². The first-order valence-electron chi connectivity index (χ1n) is 10.1. The minimum Gasteiger partial charge on any atom is -0.494 e. The van der Waals surface area contributed by atoms with Crippen molar-refractivity contribution in [3.63, 3.8) is 0 Å². The van der Waals surface area contributed by atoms with Gasteiger partial charge < -0.3 is 19.1 Å². The van der Waals surface area contributed by atoms with Crippen molar-refractivity contribution in [3.8, 4) is 17.1 Å². The number of hydrogen-bond donors (Lipinski definition) is 0. The lowest BCUT2D eigenvalue weighted by Crippen LogP contribution is -2.49. The monoisotopic (exact) mass is 407 g/mol. The average molecular weight is 407 g/mol. The summed E-state index contributed by atoms with van der Waals surface area (Å²) in [5.41, 5.74) is 1.82. The van der Waals surface area contributed by atoms with Gasteiger partial charge in [-0.05, 0) is 36.8 Å². The van der Waals surface area contributed by atoms with Crippen LogP contribution in [0.1, 0.15) is 18.4 Å². The molecule has 0 bridgehead atoms. The number of carbonyl (C=O) groups is 1. The minimum atomic E-state index is 0.148. The highest BCUT2D eigenvalue weighted by Crippen LogP contribution is 2.20. The molecule has 8 heteroatoms. The number of nitrogens with zero attached hydrogens (tertiary/aromatic N) is 5. The summed E-state index contributed by atoms with van der Waals surface area (Å²) in [6.45, 7) is 7.22. The standard InChI is InChI=1S/C22H25N5O3/c1-3-29-19-7-4-17(5-8-19)14-21(28)27-12-10-26(11-13-27)20-9-6-18(15-23-20)22-24-16(2)30-25-22/h4-9,15H,3,10-14H2,1-2H3. The number of ether oxygens (including phenoxy) is 1. The number of rotatable bonds is 6. The highest BCUT2D eigenvalue weighted by atomic mass is 16.5. The summed E-state index contributed by atoms with van der Waals surface area (Å²) in [5.74, 6) is 2.93. The maximum atomic E-state index is 12.7. The smallest absolute Gasteiger partial charge is 0.227 e. The number of anilines is 1. The van der Waals surface area contributed by atoms with Crippen LogP contribution in [0.4, 0.5) is 5.82 Å². The molecule has 30 heavy (non-hydrogen) atoms. The predicted octanol–water partition coefficient (Wildman–Crippen LogP) is 2.73. The molecular formula is C22H25N5O3. The summed E-state index contributed by atoms with van der Waals surface area (Å²) < 4.78 is 10.5. The molecular weight excluding hydrogens is 382 g/mol. The topological polar surface area (TPSA) is 84.6 Å². The van der Waals surface area contributed by atoms with E-state index in [-0.39, 0.29) is 5.91 Å². The molecule has 1 aliphatic heterocycles. The number of piperazine rings is 1. The Kier molecular flexibility index (Phi) is 5.92. The number of carbonyl (C=O) groups excluding carboxylic acids is 1. The van der Waals surface area contributed by atoms with E-state index in [2.05, 4.69) is 20.0 Å². The second-order valence-electron chi connectivity index (χ2n) is 7.16. The summed E-state index contributed by atoms with van der Waals surface area (Å²) in [6.07, 6.45) is 2.16. The third-order valence-corrected chi connectivity index (χ3v) is 5.08. The van der Waals surface area contributed by atoms with Gasteiger partial charge in [-0.1, -0.05) is 17.3 Å². The molecule has 1 aromatic carbocycles. The molecule has 0 N–H and O–H groups in total. The minimum absolute atomic E-state index is 0.148. The first-order chi connectivity index (χ1) is 14.6. The van der Waals surface area contributed by atoms with E-state index in [0.29, 0.717) is 37.8 Å². The molecule has 0 spiro atoms. The van der Waals surface area contributed by atoms with E-state index in [1.807, 2.05) is 48.2 Å². The van der Waals surface area contributed by atoms with Gasteiger partial charge in [0.2, 0.25) is 17.6 Å². The third kappa shape index (κ3) is 4.59. The molecule has 0 aliphatic carbocycles. The van der Waals surface area contributed by atoms with Crippen LogP contribution >= 0.6 is 0 Å². The van der Waals surface area contributed by atoms with Crippen LogP contribution < -0.4 is 9.64 Å². The zero-order valence-electron chi connectivity index (χ0n) is 17.2. The molecule has 1 amide bonds. The Labute approximate surface area is 175 Å². The fourth-order valence-electron chi connectivity index (χ4n) is 3.46. The fraction of sp³-hybridized carbons (Fsp3) is 0.364. The van der Waals surface area contributed by atoms with Crippen molar-refractivity contribution >= 4 is 11.7 Å². The first kappa shape index (κ1) is 19.9. The van der Waals surface area contributed by atoms with Gasteiger partial charge in [-0.3, -0.25) is 4.79 Å². The Morgan fingerprint density at radius 1 is 1.10 bits per heavy atom. The van der Waals surface area contributed by atoms with E-state index >= 15 is 0 Å². The fourth-order valence-corrected chi connectivity index (χ4v) is 3.46. The van der Waals surface area contributed by atoms with Crippen LogP contribution in [0.25, 0.3) is 11.4 Å². The summed E-state index contributed by atoms with van der Waals surface area (Å²) >= 11 is 0. The number of benzene rings is 1. The van der Waals surface area contributed by atoms with Crippen LogP contribution in [0.15, 0.2) is 47.1 Å². The normalized spacial score (nSPS) is 14.1. The van der Waals surface area contributed by atoms with Gasteiger partial charge in [-0.2, -0.15) is 4.98 Å². The molecule has 1 saturated heterocycles. The Balaban J connectivity index is 1.30. The van der Waals surface area contributed by atoms with Gasteiger partial charge >= 0.3 is 0 Å². The summed E-state index contributed by atoms with van der Waals surface area (Å²) in [4.78, 5) is 25.5. The third-order valence-electron chi connectivity index (χ3n) is 5.08. The van der Waals surface area contributed by atoms with E-state index in [1.165, 1.54) is 0 Å². The largest absolute Gasteiger partial charge is 0.494 e. The lowest BCUT2D eigenvalue weighted by Gasteiger charge is -2.35. The number of amides is 1. The lowest BCUT2D eigenvalue weighted by atomic mass is 10.1. The van der Waals surface area contributed by atoms with Gasteiger partial charge in [-0.25, -0.2) is 4.98 Å². The number of pyridine rings is 1. The Bertz CT molecular complexity index is 977. The van der Waals surface area contributed by atoms with E-state index in [1.54, 1.807) is 13.1 Å². The van der Waals surface area contributed by atoms with Gasteiger partial charge in [0.15, 0.2) is 0 Å². The molecule has 156 valence electrons. The maximum Gasteiger partial charge on any atom is 0.227 e. The quantitative estimate of drug-likeness (QED) is 0.621. The summed E-state index contributed by atoms with van der Waals surface area (Å²) in [7, 11) is 0. The maximum absolute atomic E-state index is 12.7. The van der Waals surface area contributed by atoms with Crippen LogP contribution in [-0.2, 0) is 11.2 Å². The Morgan fingerprint density at radius 2 is 1.87 bits per heavy atom. The van der Waals surface area contributed by atoms with Crippen molar-refractivity contribution in [2.75, 3.05) is 37.7 Å². The van der Waals surface area contributed by atoms with E-state index < -0.39 is 0 Å². The van der Waals surface area contributed by atoms with Crippen LogP contribution in [0, 0.1) is 6.92 Å². The Hall–Kier alpha value is -3.42. The van der Waals surface area contributed by atoms with E-state index in [4.69, 9.17) is 9.26 Å². The van der Waals surface area contributed by atoms with Gasteiger partial charge in [0.05, 0.1) is 13.0 Å². The van der Waals surface area contributed by atoms with E-state index in [9.17, 15) is 4.79 Å². The molecule has 0 saturated carbocycles. The molecule has 3 heterocycles. The predicted molar refractivity (Wildman–Crippen MR) is 112 cm³/mol. The molecule has 0 radical (unpaired) electrons. The van der Waals surface area contributed by atoms with Crippen molar-refractivity contribution in [1.82, 2.24) is 20.0 Å². The highest BCUT2D eigenvalue weighted by molar-refractivity contribution is 5.79. The van der Waals surface area contributed by atoms with Crippen molar-refractivity contribution in [3.05, 3.63) is 54.0 Å². The molecule has 3 aromatic rings. The van der Waals surface area contributed by atoms with Crippen molar-refractivity contribution in [2.24, 2.45) is 0 Å². The van der Waals surface area contributed by atoms with E-state index in [0.717, 1.165) is 35.8 Å². The van der Waals surface area contributed by atoms with Gasteiger partial charge in [0, 0.05) is 44.9 Å². The van der Waals surface area contributed by atoms with Crippen molar-refractivity contribution in [2.45, 2.75) is 20.3 Å². The number of hydrogen-bond acceptors (Lipinski definition) is 7. The summed E-state index contributed by atoms with van der Waals surface area (Å²) in [5, 5.41) is 3.92. The average Bonchev–Trinajstić information content (AvgIpc) is 3.22. The second kappa shape index (κ2) is 8.94. The Morgan fingerprint density at radius 3 is 2.47 bits per heavy atom. The molecule has 8 nitrogen and oxygen atoms in total. The molecule has 1 fully saturated rings. The van der Waals surface area contributed by atoms with Gasteiger partial charge in [0.25, 0.3) is 0 Å². The zero-order chi connectivity index (χ0) is 20.9. The summed E-state index contributed by atoms with van der Waals surface area (Å²) in [6, 6.07) is 11.6.